The van der Waals surface area contributed by atoms with Gasteiger partial charge in [0, 0.05) is 6.20 Å². The predicted octanol–water partition coefficient (Wildman–Crippen LogP) is 5.39. The van der Waals surface area contributed by atoms with Crippen molar-refractivity contribution in [2.75, 3.05) is 0 Å². The van der Waals surface area contributed by atoms with E-state index < -0.39 is 8.13 Å². The number of alkyl halides is 5. The van der Waals surface area contributed by atoms with Crippen LogP contribution >= 0.6 is 81.2 Å². The second-order valence-corrected chi connectivity index (χ2v) is 6.92. The van der Waals surface area contributed by atoms with E-state index in [1.165, 1.54) is 12.3 Å². The quantitative estimate of drug-likeness (QED) is 0.620. The van der Waals surface area contributed by atoms with E-state index in [1.54, 1.807) is 0 Å². The Kier molecular flexibility index (Phi) is 4.57. The Labute approximate surface area is 122 Å². The van der Waals surface area contributed by atoms with Gasteiger partial charge in [-0.1, -0.05) is 81.2 Å². The van der Waals surface area contributed by atoms with Gasteiger partial charge in [0.25, 0.3) is 0 Å². The molecule has 0 saturated carbocycles. The van der Waals surface area contributed by atoms with Gasteiger partial charge in [0.15, 0.2) is 0 Å². The molecule has 84 valence electrons. The van der Waals surface area contributed by atoms with E-state index in [1.807, 2.05) is 0 Å². The van der Waals surface area contributed by atoms with Crippen LogP contribution in [0, 0.1) is 0 Å². The van der Waals surface area contributed by atoms with E-state index in [2.05, 4.69) is 4.98 Å². The predicted molar refractivity (Wildman–Crippen MR) is 67.9 cm³/mol. The van der Waals surface area contributed by atoms with E-state index in [0.29, 0.717) is 0 Å². The van der Waals surface area contributed by atoms with Crippen LogP contribution in [-0.2, 0) is 4.33 Å². The van der Waals surface area contributed by atoms with Crippen LogP contribution in [0.3, 0.4) is 0 Å². The van der Waals surface area contributed by atoms with Crippen LogP contribution in [-0.4, -0.2) is 8.78 Å². The first-order valence-electron chi connectivity index (χ1n) is 3.43. The van der Waals surface area contributed by atoms with E-state index >= 15 is 0 Å². The van der Waals surface area contributed by atoms with Gasteiger partial charge in [-0.2, -0.15) is 0 Å². The fourth-order valence-corrected chi connectivity index (χ4v) is 1.82. The molecule has 15 heavy (non-hydrogen) atoms. The van der Waals surface area contributed by atoms with Crippen LogP contribution in [0.5, 0.6) is 0 Å². The molecule has 1 rings (SSSR count). The molecule has 1 aromatic heterocycles. The molecule has 0 amide bonds. The van der Waals surface area contributed by atoms with E-state index in [0.717, 1.165) is 0 Å². The summed E-state index contributed by atoms with van der Waals surface area (Å²) in [6.07, 6.45) is 1.36. The molecular formula is C7H2Cl7N. The van der Waals surface area contributed by atoms with Crippen molar-refractivity contribution in [1.29, 1.82) is 0 Å². The SMILES string of the molecule is Clc1ccnc(C(Cl)(Cl)C(Cl)(Cl)Cl)c1Cl. The summed E-state index contributed by atoms with van der Waals surface area (Å²) in [7, 11) is 0. The number of aromatic nitrogens is 1. The third kappa shape index (κ3) is 2.90. The lowest BCUT2D eigenvalue weighted by Gasteiger charge is -2.27. The summed E-state index contributed by atoms with van der Waals surface area (Å²) in [4.78, 5) is 3.84. The summed E-state index contributed by atoms with van der Waals surface area (Å²) >= 11 is 40.2. The molecule has 1 heterocycles. The zero-order valence-electron chi connectivity index (χ0n) is 6.75. The van der Waals surface area contributed by atoms with Gasteiger partial charge in [-0.3, -0.25) is 4.98 Å². The molecule has 8 heteroatoms. The molecule has 0 radical (unpaired) electrons. The molecule has 0 fully saturated rings. The van der Waals surface area contributed by atoms with Crippen molar-refractivity contribution in [2.45, 2.75) is 8.13 Å². The van der Waals surface area contributed by atoms with Crippen molar-refractivity contribution in [3.63, 3.8) is 0 Å². The minimum absolute atomic E-state index is 0.000000000000000666. The lowest BCUT2D eigenvalue weighted by atomic mass is 10.3. The van der Waals surface area contributed by atoms with Crippen LogP contribution < -0.4 is 0 Å². The zero-order valence-corrected chi connectivity index (χ0v) is 12.0. The first kappa shape index (κ1) is 14.2. The molecule has 0 N–H and O–H groups in total. The van der Waals surface area contributed by atoms with E-state index in [4.69, 9.17) is 81.2 Å². The molecule has 0 saturated heterocycles. The molecule has 0 bridgehead atoms. The van der Waals surface area contributed by atoms with Gasteiger partial charge >= 0.3 is 0 Å². The lowest BCUT2D eigenvalue weighted by molar-refractivity contribution is 0.834. The van der Waals surface area contributed by atoms with Gasteiger partial charge in [0.1, 0.15) is 5.69 Å². The molecule has 1 aromatic rings. The summed E-state index contributed by atoms with van der Waals surface area (Å²) in [6.45, 7) is 0. The van der Waals surface area contributed by atoms with E-state index in [9.17, 15) is 0 Å². The Bertz CT molecular complexity index is 370. The van der Waals surface area contributed by atoms with Gasteiger partial charge in [-0.05, 0) is 6.07 Å². The molecule has 0 aliphatic carbocycles. The smallest absolute Gasteiger partial charge is 0.228 e. The van der Waals surface area contributed by atoms with Gasteiger partial charge < -0.3 is 0 Å². The first-order chi connectivity index (χ1) is 6.68. The highest BCUT2D eigenvalue weighted by molar-refractivity contribution is 6.75. The number of pyridine rings is 1. The van der Waals surface area contributed by atoms with Crippen molar-refractivity contribution < 1.29 is 0 Å². The van der Waals surface area contributed by atoms with Gasteiger partial charge in [0.2, 0.25) is 8.13 Å². The highest BCUT2D eigenvalue weighted by Crippen LogP contribution is 2.54. The third-order valence-electron chi connectivity index (χ3n) is 1.50. The number of halogens is 7. The average Bonchev–Trinajstić information content (AvgIpc) is 2.07. The van der Waals surface area contributed by atoms with Crippen molar-refractivity contribution in [2.24, 2.45) is 0 Å². The minimum atomic E-state index is -1.97. The highest BCUT2D eigenvalue weighted by atomic mass is 35.6. The third-order valence-corrected chi connectivity index (χ3v) is 4.65. The van der Waals surface area contributed by atoms with Crippen LogP contribution in [0.1, 0.15) is 5.69 Å². The van der Waals surface area contributed by atoms with Gasteiger partial charge in [0.05, 0.1) is 10.0 Å². The summed E-state index contributed by atoms with van der Waals surface area (Å²) < 4.78 is -3.85. The summed E-state index contributed by atoms with van der Waals surface area (Å²) in [5.41, 5.74) is 0.000000000000000666. The van der Waals surface area contributed by atoms with Crippen molar-refractivity contribution >= 4 is 81.2 Å². The molecule has 0 aromatic carbocycles. The molecular weight excluding hydrogens is 346 g/mol. The standard InChI is InChI=1S/C7H2Cl7N/c8-3-1-2-15-5(4(3)9)6(10,11)7(12,13)14/h1-2H. The van der Waals surface area contributed by atoms with Crippen LogP contribution in [0.15, 0.2) is 12.3 Å². The van der Waals surface area contributed by atoms with Gasteiger partial charge in [-0.25, -0.2) is 0 Å². The largest absolute Gasteiger partial charge is 0.256 e. The van der Waals surface area contributed by atoms with Crippen molar-refractivity contribution in [3.8, 4) is 0 Å². The van der Waals surface area contributed by atoms with E-state index in [-0.39, 0.29) is 15.7 Å². The molecule has 1 nitrogen and oxygen atoms in total. The lowest BCUT2D eigenvalue weighted by Crippen LogP contribution is -2.29. The van der Waals surface area contributed by atoms with Crippen molar-refractivity contribution in [1.82, 2.24) is 4.98 Å². The van der Waals surface area contributed by atoms with Crippen molar-refractivity contribution in [3.05, 3.63) is 28.0 Å². The second-order valence-electron chi connectivity index (χ2n) is 2.53. The average molecular weight is 348 g/mol. The Balaban J connectivity index is 3.34. The Hall–Kier alpha value is 1.18. The minimum Gasteiger partial charge on any atom is -0.256 e. The number of rotatable bonds is 1. The maximum absolute atomic E-state index is 5.88. The molecule has 0 aliphatic rings. The fraction of sp³-hybridized carbons (Fsp3) is 0.286. The maximum atomic E-state index is 5.88. The molecule has 0 unspecified atom stereocenters. The monoisotopic (exact) mass is 345 g/mol. The second kappa shape index (κ2) is 4.81. The maximum Gasteiger partial charge on any atom is 0.228 e. The van der Waals surface area contributed by atoms with Crippen LogP contribution in [0.2, 0.25) is 10.0 Å². The first-order valence-corrected chi connectivity index (χ1v) is 6.07. The summed E-state index contributed by atoms with van der Waals surface area (Å²) in [5, 5.41) is 0.275. The topological polar surface area (TPSA) is 12.9 Å². The molecule has 0 atom stereocenters. The normalized spacial score (nSPS) is 13.0. The Morgan fingerprint density at radius 3 is 2.00 bits per heavy atom. The highest BCUT2D eigenvalue weighted by Gasteiger charge is 2.50. The van der Waals surface area contributed by atoms with Crippen LogP contribution in [0.4, 0.5) is 0 Å². The van der Waals surface area contributed by atoms with Crippen LogP contribution in [0.25, 0.3) is 0 Å². The number of hydrogen-bond acceptors (Lipinski definition) is 1. The number of nitrogens with zero attached hydrogens (tertiary/aromatic N) is 1. The number of hydrogen-bond donors (Lipinski definition) is 0. The fourth-order valence-electron chi connectivity index (χ4n) is 0.773. The Morgan fingerprint density at radius 1 is 1.00 bits per heavy atom. The van der Waals surface area contributed by atoms with Gasteiger partial charge in [-0.15, -0.1) is 0 Å². The Morgan fingerprint density at radius 2 is 1.53 bits per heavy atom. The summed E-state index contributed by atoms with van der Waals surface area (Å²) in [6, 6.07) is 1.47. The summed E-state index contributed by atoms with van der Waals surface area (Å²) in [5.74, 6) is 0. The zero-order chi connectivity index (χ0) is 11.9. The molecule has 0 aliphatic heterocycles. The molecule has 0 spiro atoms.